The standard InChI is InChI=1S/C15H20ClFN4/c1-10-4-5-11(13(17)8-10)14(18)15-12(16)9-19-21(15)7-6-20(2)3/h4-5,8-9,14H,6-7,18H2,1-3H3. The first-order chi connectivity index (χ1) is 9.90. The Kier molecular flexibility index (Phi) is 4.98. The summed E-state index contributed by atoms with van der Waals surface area (Å²) in [5, 5.41) is 4.70. The van der Waals surface area contributed by atoms with Gasteiger partial charge in [-0.15, -0.1) is 0 Å². The van der Waals surface area contributed by atoms with Crippen LogP contribution in [0.3, 0.4) is 0 Å². The van der Waals surface area contributed by atoms with Crippen LogP contribution in [-0.2, 0) is 6.54 Å². The minimum absolute atomic E-state index is 0.320. The molecule has 0 fully saturated rings. The number of hydrogen-bond acceptors (Lipinski definition) is 3. The van der Waals surface area contributed by atoms with E-state index in [-0.39, 0.29) is 5.82 Å². The third-order valence-corrected chi connectivity index (χ3v) is 3.67. The van der Waals surface area contributed by atoms with E-state index in [9.17, 15) is 4.39 Å². The van der Waals surface area contributed by atoms with Crippen LogP contribution in [0.5, 0.6) is 0 Å². The fourth-order valence-corrected chi connectivity index (χ4v) is 2.44. The van der Waals surface area contributed by atoms with Crippen molar-refractivity contribution < 1.29 is 4.39 Å². The molecule has 1 heterocycles. The normalized spacial score (nSPS) is 12.9. The lowest BCUT2D eigenvalue weighted by molar-refractivity contribution is 0.367. The van der Waals surface area contributed by atoms with E-state index in [1.807, 2.05) is 32.0 Å². The van der Waals surface area contributed by atoms with Gasteiger partial charge in [-0.3, -0.25) is 4.68 Å². The van der Waals surface area contributed by atoms with E-state index in [0.29, 0.717) is 22.8 Å². The molecule has 0 aliphatic heterocycles. The van der Waals surface area contributed by atoms with Crippen molar-refractivity contribution in [1.82, 2.24) is 14.7 Å². The van der Waals surface area contributed by atoms with Crippen molar-refractivity contribution in [1.29, 1.82) is 0 Å². The molecule has 1 unspecified atom stereocenters. The van der Waals surface area contributed by atoms with Gasteiger partial charge in [-0.05, 0) is 32.6 Å². The monoisotopic (exact) mass is 310 g/mol. The second-order valence-electron chi connectivity index (χ2n) is 5.41. The number of halogens is 2. The maximum absolute atomic E-state index is 14.1. The number of nitrogens with zero attached hydrogens (tertiary/aromatic N) is 3. The summed E-state index contributed by atoms with van der Waals surface area (Å²) in [5.74, 6) is -0.320. The predicted octanol–water partition coefficient (Wildman–Crippen LogP) is 2.59. The third kappa shape index (κ3) is 3.61. The van der Waals surface area contributed by atoms with E-state index < -0.39 is 6.04 Å². The van der Waals surface area contributed by atoms with Gasteiger partial charge in [0.2, 0.25) is 0 Å². The van der Waals surface area contributed by atoms with Crippen molar-refractivity contribution in [3.05, 3.63) is 52.1 Å². The number of rotatable bonds is 5. The molecule has 2 N–H and O–H groups in total. The van der Waals surface area contributed by atoms with Gasteiger partial charge in [0.1, 0.15) is 5.82 Å². The molecule has 114 valence electrons. The highest BCUT2D eigenvalue weighted by Crippen LogP contribution is 2.28. The van der Waals surface area contributed by atoms with Crippen molar-refractivity contribution in [2.24, 2.45) is 5.73 Å². The van der Waals surface area contributed by atoms with Crippen LogP contribution < -0.4 is 5.73 Å². The van der Waals surface area contributed by atoms with Gasteiger partial charge >= 0.3 is 0 Å². The van der Waals surface area contributed by atoms with Gasteiger partial charge in [0.05, 0.1) is 29.5 Å². The first-order valence-electron chi connectivity index (χ1n) is 6.77. The number of likely N-dealkylation sites (N-methyl/N-ethyl adjacent to an activating group) is 1. The summed E-state index contributed by atoms with van der Waals surface area (Å²) in [6.07, 6.45) is 1.55. The predicted molar refractivity (Wildman–Crippen MR) is 83.0 cm³/mol. The topological polar surface area (TPSA) is 47.1 Å². The van der Waals surface area contributed by atoms with E-state index in [4.69, 9.17) is 17.3 Å². The Morgan fingerprint density at radius 3 is 2.76 bits per heavy atom. The first kappa shape index (κ1) is 15.9. The summed E-state index contributed by atoms with van der Waals surface area (Å²) < 4.78 is 15.9. The minimum atomic E-state index is -0.636. The smallest absolute Gasteiger partial charge is 0.128 e. The molecule has 0 amide bonds. The molecule has 0 aliphatic carbocycles. The van der Waals surface area contributed by atoms with Crippen molar-refractivity contribution >= 4 is 11.6 Å². The first-order valence-corrected chi connectivity index (χ1v) is 7.15. The number of nitrogens with two attached hydrogens (primary N) is 1. The molecule has 21 heavy (non-hydrogen) atoms. The van der Waals surface area contributed by atoms with Crippen LogP contribution in [-0.4, -0.2) is 35.3 Å². The second-order valence-corrected chi connectivity index (χ2v) is 5.81. The zero-order valence-electron chi connectivity index (χ0n) is 12.5. The highest BCUT2D eigenvalue weighted by molar-refractivity contribution is 6.31. The van der Waals surface area contributed by atoms with Crippen molar-refractivity contribution in [3.63, 3.8) is 0 Å². The Labute approximate surface area is 129 Å². The lowest BCUT2D eigenvalue weighted by atomic mass is 10.0. The summed E-state index contributed by atoms with van der Waals surface area (Å²) in [6, 6.07) is 4.38. The van der Waals surface area contributed by atoms with Crippen molar-refractivity contribution in [3.8, 4) is 0 Å². The molecule has 2 rings (SSSR count). The summed E-state index contributed by atoms with van der Waals surface area (Å²) in [6.45, 7) is 3.29. The average Bonchev–Trinajstić information content (AvgIpc) is 2.77. The van der Waals surface area contributed by atoms with E-state index in [1.54, 1.807) is 16.9 Å². The molecule has 0 saturated heterocycles. The maximum Gasteiger partial charge on any atom is 0.128 e. The molecule has 1 aromatic heterocycles. The van der Waals surface area contributed by atoms with E-state index in [0.717, 1.165) is 12.1 Å². The molecule has 4 nitrogen and oxygen atoms in total. The average molecular weight is 311 g/mol. The molecule has 0 bridgehead atoms. The van der Waals surface area contributed by atoms with E-state index >= 15 is 0 Å². The van der Waals surface area contributed by atoms with Crippen LogP contribution >= 0.6 is 11.6 Å². The molecule has 0 spiro atoms. The summed E-state index contributed by atoms with van der Waals surface area (Å²) in [7, 11) is 3.95. The number of aryl methyl sites for hydroxylation is 1. The Balaban J connectivity index is 2.34. The molecule has 1 aromatic carbocycles. The number of aromatic nitrogens is 2. The van der Waals surface area contributed by atoms with Crippen molar-refractivity contribution in [2.45, 2.75) is 19.5 Å². The lowest BCUT2D eigenvalue weighted by Crippen LogP contribution is -2.24. The fraction of sp³-hybridized carbons (Fsp3) is 0.400. The zero-order chi connectivity index (χ0) is 15.6. The Morgan fingerprint density at radius 2 is 2.14 bits per heavy atom. The number of hydrogen-bond donors (Lipinski definition) is 1. The van der Waals surface area contributed by atoms with Gasteiger partial charge in [0, 0.05) is 12.1 Å². The Bertz CT molecular complexity index is 624. The van der Waals surface area contributed by atoms with Gasteiger partial charge < -0.3 is 10.6 Å². The number of benzene rings is 1. The Hall–Kier alpha value is -1.43. The molecule has 0 saturated carbocycles. The maximum atomic E-state index is 14.1. The lowest BCUT2D eigenvalue weighted by Gasteiger charge is -2.18. The molecule has 6 heteroatoms. The van der Waals surface area contributed by atoms with Crippen LogP contribution in [0.1, 0.15) is 22.9 Å². The van der Waals surface area contributed by atoms with Crippen molar-refractivity contribution in [2.75, 3.05) is 20.6 Å². The molecule has 1 atom stereocenters. The molecular formula is C15H20ClFN4. The third-order valence-electron chi connectivity index (χ3n) is 3.38. The van der Waals surface area contributed by atoms with Crippen LogP contribution in [0.25, 0.3) is 0 Å². The quantitative estimate of drug-likeness (QED) is 0.923. The van der Waals surface area contributed by atoms with Crippen LogP contribution in [0.4, 0.5) is 4.39 Å². The van der Waals surface area contributed by atoms with Gasteiger partial charge in [0.25, 0.3) is 0 Å². The van der Waals surface area contributed by atoms with Crippen LogP contribution in [0, 0.1) is 12.7 Å². The fourth-order valence-electron chi connectivity index (χ4n) is 2.19. The van der Waals surface area contributed by atoms with E-state index in [1.165, 1.54) is 6.07 Å². The SMILES string of the molecule is Cc1ccc(C(N)c2c(Cl)cnn2CCN(C)C)c(F)c1. The molecular weight excluding hydrogens is 291 g/mol. The summed E-state index contributed by atoms with van der Waals surface area (Å²) in [5.41, 5.74) is 8.14. The van der Waals surface area contributed by atoms with Gasteiger partial charge in [-0.25, -0.2) is 4.39 Å². The Morgan fingerprint density at radius 1 is 1.43 bits per heavy atom. The van der Waals surface area contributed by atoms with Gasteiger partial charge in [-0.2, -0.15) is 5.10 Å². The summed E-state index contributed by atoms with van der Waals surface area (Å²) in [4.78, 5) is 2.04. The van der Waals surface area contributed by atoms with Crippen LogP contribution in [0.15, 0.2) is 24.4 Å². The molecule has 2 aromatic rings. The summed E-state index contributed by atoms with van der Waals surface area (Å²) >= 11 is 6.19. The highest BCUT2D eigenvalue weighted by atomic mass is 35.5. The van der Waals surface area contributed by atoms with E-state index in [2.05, 4.69) is 5.10 Å². The second kappa shape index (κ2) is 6.56. The molecule has 0 radical (unpaired) electrons. The van der Waals surface area contributed by atoms with Crippen LogP contribution in [0.2, 0.25) is 5.02 Å². The zero-order valence-corrected chi connectivity index (χ0v) is 13.2. The largest absolute Gasteiger partial charge is 0.319 e. The minimum Gasteiger partial charge on any atom is -0.319 e. The highest BCUT2D eigenvalue weighted by Gasteiger charge is 2.21. The van der Waals surface area contributed by atoms with Gasteiger partial charge in [-0.1, -0.05) is 23.7 Å². The van der Waals surface area contributed by atoms with Gasteiger partial charge in [0.15, 0.2) is 0 Å². The molecule has 0 aliphatic rings.